The molecule has 2 N–H and O–H groups in total. The fraction of sp³-hybridized carbons (Fsp3) is 0.292. The monoisotopic (exact) mass is 402 g/mol. The molecule has 0 bridgehead atoms. The van der Waals surface area contributed by atoms with Crippen LogP contribution in [0.25, 0.3) is 11.1 Å². The number of methoxy groups -OCH3 is 1. The Bertz CT molecular complexity index is 1010. The largest absolute Gasteiger partial charge is 0.497 e. The first-order chi connectivity index (χ1) is 14.7. The number of hydrogen-bond donors (Lipinski definition) is 1. The van der Waals surface area contributed by atoms with Crippen LogP contribution in [0.15, 0.2) is 60.8 Å². The van der Waals surface area contributed by atoms with E-state index in [2.05, 4.69) is 22.1 Å². The number of ether oxygens (including phenoxy) is 1. The van der Waals surface area contributed by atoms with Crippen LogP contribution in [0.5, 0.6) is 5.75 Å². The lowest BCUT2D eigenvalue weighted by Crippen LogP contribution is -2.31. The summed E-state index contributed by atoms with van der Waals surface area (Å²) in [6.07, 6.45) is 4.80. The Morgan fingerprint density at radius 2 is 1.93 bits per heavy atom. The van der Waals surface area contributed by atoms with Crippen molar-refractivity contribution < 1.29 is 9.53 Å². The van der Waals surface area contributed by atoms with Crippen LogP contribution in [0.3, 0.4) is 0 Å². The number of nitrogens with zero attached hydrogens (tertiary/aromatic N) is 3. The molecule has 1 saturated heterocycles. The van der Waals surface area contributed by atoms with Crippen LogP contribution in [0, 0.1) is 0 Å². The number of nitrogens with two attached hydrogens (primary N) is 1. The normalized spacial score (nSPS) is 15.9. The van der Waals surface area contributed by atoms with Gasteiger partial charge in [-0.15, -0.1) is 0 Å². The zero-order valence-electron chi connectivity index (χ0n) is 17.1. The Hall–Kier alpha value is -3.41. The molecule has 30 heavy (non-hydrogen) atoms. The third-order valence-corrected chi connectivity index (χ3v) is 5.60. The Morgan fingerprint density at radius 3 is 2.67 bits per heavy atom. The molecule has 1 aromatic heterocycles. The molecule has 1 aliphatic heterocycles. The van der Waals surface area contributed by atoms with E-state index in [-0.39, 0.29) is 17.9 Å². The molecule has 0 saturated carbocycles. The molecule has 4 rings (SSSR count). The number of likely N-dealkylation sites (tertiary alicyclic amines) is 1. The summed E-state index contributed by atoms with van der Waals surface area (Å²) in [5.41, 5.74) is 9.80. The van der Waals surface area contributed by atoms with Crippen molar-refractivity contribution in [3.05, 3.63) is 72.1 Å². The highest BCUT2D eigenvalue weighted by molar-refractivity contribution is 5.78. The molecular weight excluding hydrogens is 376 g/mol. The van der Waals surface area contributed by atoms with Crippen molar-refractivity contribution in [2.75, 3.05) is 19.4 Å². The van der Waals surface area contributed by atoms with Gasteiger partial charge in [-0.05, 0) is 42.5 Å². The van der Waals surface area contributed by atoms with Crippen LogP contribution in [0.4, 0.5) is 5.95 Å². The van der Waals surface area contributed by atoms with Gasteiger partial charge in [0.1, 0.15) is 5.75 Å². The van der Waals surface area contributed by atoms with Crippen LogP contribution in [-0.4, -0.2) is 34.4 Å². The molecule has 0 aliphatic carbocycles. The topological polar surface area (TPSA) is 81.3 Å². The van der Waals surface area contributed by atoms with Gasteiger partial charge in [-0.2, -0.15) is 0 Å². The summed E-state index contributed by atoms with van der Waals surface area (Å²) in [5.74, 6) is 1.17. The van der Waals surface area contributed by atoms with Crippen molar-refractivity contribution in [2.45, 2.75) is 31.7 Å². The van der Waals surface area contributed by atoms with Crippen molar-refractivity contribution in [3.8, 4) is 16.9 Å². The third kappa shape index (κ3) is 4.27. The highest BCUT2D eigenvalue weighted by atomic mass is 16.5. The zero-order valence-corrected chi connectivity index (χ0v) is 17.1. The summed E-state index contributed by atoms with van der Waals surface area (Å²) in [6, 6.07) is 17.8. The SMILES string of the molecule is COc1ccc(-c2cnc(N)nc2C2CCCN2C(=O)CCc2ccccc2)cc1. The van der Waals surface area contributed by atoms with Crippen molar-refractivity contribution in [1.29, 1.82) is 0 Å². The summed E-state index contributed by atoms with van der Waals surface area (Å²) in [5, 5.41) is 0. The van der Waals surface area contributed by atoms with Crippen LogP contribution < -0.4 is 10.5 Å². The third-order valence-electron chi connectivity index (χ3n) is 5.60. The van der Waals surface area contributed by atoms with Crippen molar-refractivity contribution in [3.63, 3.8) is 0 Å². The molecule has 0 spiro atoms. The number of aryl methyl sites for hydroxylation is 1. The lowest BCUT2D eigenvalue weighted by atomic mass is 9.99. The Kier molecular flexibility index (Phi) is 5.93. The predicted octanol–water partition coefficient (Wildman–Crippen LogP) is 4.03. The van der Waals surface area contributed by atoms with Crippen molar-refractivity contribution >= 4 is 11.9 Å². The van der Waals surface area contributed by atoms with Crippen LogP contribution in [0.2, 0.25) is 0 Å². The van der Waals surface area contributed by atoms with Gasteiger partial charge in [-0.3, -0.25) is 4.79 Å². The first-order valence-electron chi connectivity index (χ1n) is 10.3. The second kappa shape index (κ2) is 8.95. The summed E-state index contributed by atoms with van der Waals surface area (Å²) in [4.78, 5) is 23.8. The fourth-order valence-corrected chi connectivity index (χ4v) is 4.05. The van der Waals surface area contributed by atoms with Crippen LogP contribution >= 0.6 is 0 Å². The minimum absolute atomic E-state index is 0.0873. The molecule has 1 atom stereocenters. The van der Waals surface area contributed by atoms with E-state index in [1.54, 1.807) is 13.3 Å². The van der Waals surface area contributed by atoms with Gasteiger partial charge in [0.05, 0.1) is 18.8 Å². The predicted molar refractivity (Wildman–Crippen MR) is 117 cm³/mol. The summed E-state index contributed by atoms with van der Waals surface area (Å²) < 4.78 is 5.26. The number of anilines is 1. The summed E-state index contributed by atoms with van der Waals surface area (Å²) in [7, 11) is 1.64. The van der Waals surface area contributed by atoms with Gasteiger partial charge < -0.3 is 15.4 Å². The minimum Gasteiger partial charge on any atom is -0.497 e. The highest BCUT2D eigenvalue weighted by Gasteiger charge is 2.32. The molecule has 2 heterocycles. The van der Waals surface area contributed by atoms with Gasteiger partial charge in [-0.25, -0.2) is 9.97 Å². The maximum atomic E-state index is 13.1. The zero-order chi connectivity index (χ0) is 20.9. The summed E-state index contributed by atoms with van der Waals surface area (Å²) >= 11 is 0. The molecule has 0 radical (unpaired) electrons. The number of hydrogen-bond acceptors (Lipinski definition) is 5. The lowest BCUT2D eigenvalue weighted by Gasteiger charge is -2.26. The van der Waals surface area contributed by atoms with Gasteiger partial charge in [0.25, 0.3) is 0 Å². The van der Waals surface area contributed by atoms with E-state index >= 15 is 0 Å². The van der Waals surface area contributed by atoms with E-state index in [1.165, 1.54) is 5.56 Å². The second-order valence-electron chi connectivity index (χ2n) is 7.49. The molecule has 1 fully saturated rings. The molecular formula is C24H26N4O2. The number of carbonyl (C=O) groups excluding carboxylic acids is 1. The first-order valence-corrected chi connectivity index (χ1v) is 10.3. The van der Waals surface area contributed by atoms with Gasteiger partial charge in [0.15, 0.2) is 0 Å². The minimum atomic E-state index is -0.0873. The van der Waals surface area contributed by atoms with Gasteiger partial charge >= 0.3 is 0 Å². The van der Waals surface area contributed by atoms with Gasteiger partial charge in [0.2, 0.25) is 11.9 Å². The molecule has 154 valence electrons. The maximum absolute atomic E-state index is 13.1. The average molecular weight is 402 g/mol. The average Bonchev–Trinajstić information content (AvgIpc) is 3.28. The molecule has 1 amide bonds. The van der Waals surface area contributed by atoms with Crippen LogP contribution in [-0.2, 0) is 11.2 Å². The molecule has 6 heteroatoms. The van der Waals surface area contributed by atoms with Gasteiger partial charge in [-0.1, -0.05) is 42.5 Å². The van der Waals surface area contributed by atoms with Gasteiger partial charge in [0, 0.05) is 24.7 Å². The van der Waals surface area contributed by atoms with E-state index < -0.39 is 0 Å². The first kappa shape index (κ1) is 19.9. The van der Waals surface area contributed by atoms with Crippen LogP contribution in [0.1, 0.15) is 36.6 Å². The summed E-state index contributed by atoms with van der Waals surface area (Å²) in [6.45, 7) is 0.740. The van der Waals surface area contributed by atoms with Crippen molar-refractivity contribution in [2.24, 2.45) is 0 Å². The van der Waals surface area contributed by atoms with E-state index in [1.807, 2.05) is 47.4 Å². The number of benzene rings is 2. The highest BCUT2D eigenvalue weighted by Crippen LogP contribution is 2.37. The number of aromatic nitrogens is 2. The Labute approximate surface area is 176 Å². The Morgan fingerprint density at radius 1 is 1.17 bits per heavy atom. The lowest BCUT2D eigenvalue weighted by molar-refractivity contribution is -0.132. The van der Waals surface area contributed by atoms with E-state index in [4.69, 9.17) is 10.5 Å². The molecule has 1 unspecified atom stereocenters. The Balaban J connectivity index is 1.58. The van der Waals surface area contributed by atoms with E-state index in [0.29, 0.717) is 6.42 Å². The number of rotatable bonds is 6. The van der Waals surface area contributed by atoms with E-state index in [9.17, 15) is 4.79 Å². The standard InChI is InChI=1S/C24H26N4O2/c1-30-19-12-10-18(11-13-19)20-16-26-24(25)27-23(20)21-8-5-15-28(21)22(29)14-9-17-6-3-2-4-7-17/h2-4,6-7,10-13,16,21H,5,8-9,14-15H2,1H3,(H2,25,26,27). The van der Waals surface area contributed by atoms with Crippen molar-refractivity contribution in [1.82, 2.24) is 14.9 Å². The fourth-order valence-electron chi connectivity index (χ4n) is 4.05. The molecule has 1 aliphatic rings. The maximum Gasteiger partial charge on any atom is 0.223 e. The second-order valence-corrected chi connectivity index (χ2v) is 7.49. The quantitative estimate of drug-likeness (QED) is 0.673. The molecule has 6 nitrogen and oxygen atoms in total. The smallest absolute Gasteiger partial charge is 0.223 e. The number of carbonyl (C=O) groups is 1. The number of nitrogen functional groups attached to an aromatic ring is 1. The number of amides is 1. The molecule has 2 aromatic carbocycles. The van der Waals surface area contributed by atoms with E-state index in [0.717, 1.165) is 48.4 Å². The molecule has 3 aromatic rings.